The molecule has 0 spiro atoms. The fraction of sp³-hybridized carbons (Fsp3) is 0.600. The normalized spacial score (nSPS) is 23.7. The highest BCUT2D eigenvalue weighted by Gasteiger charge is 2.30. The molecule has 2 N–H and O–H groups in total. The number of hydrogen-bond donors (Lipinski definition) is 2. The van der Waals surface area contributed by atoms with Crippen molar-refractivity contribution in [2.75, 3.05) is 19.5 Å². The first kappa shape index (κ1) is 15.5. The summed E-state index contributed by atoms with van der Waals surface area (Å²) >= 11 is 2.19. The minimum atomic E-state index is -0.854. The second kappa shape index (κ2) is 7.15. The van der Waals surface area contributed by atoms with Gasteiger partial charge in [0.1, 0.15) is 17.6 Å². The van der Waals surface area contributed by atoms with Crippen molar-refractivity contribution in [1.29, 1.82) is 0 Å². The molecule has 1 heterocycles. The topological polar surface area (TPSA) is 93.1 Å². The lowest BCUT2D eigenvalue weighted by Gasteiger charge is -2.13. The molecule has 0 aromatic carbocycles. The van der Waals surface area contributed by atoms with Crippen LogP contribution in [0.15, 0.2) is 9.81 Å². The summed E-state index contributed by atoms with van der Waals surface area (Å²) in [4.78, 5) is 23.4. The number of ether oxygens (including phenoxy) is 2. The number of aliphatic hydroxyl groups is 2. The van der Waals surface area contributed by atoms with Gasteiger partial charge in [-0.25, -0.2) is 4.79 Å². The number of Topliss-reactive ketones (excluding diaryl/α,β-unsaturated/α-hetero) is 1. The van der Waals surface area contributed by atoms with Gasteiger partial charge in [-0.05, 0) is 6.92 Å². The highest BCUT2D eigenvalue weighted by atomic mass is 32.2. The first-order valence-corrected chi connectivity index (χ1v) is 6.95. The molecule has 0 bridgehead atoms. The van der Waals surface area contributed by atoms with Crippen LogP contribution in [0.2, 0.25) is 0 Å². The van der Waals surface area contributed by atoms with Gasteiger partial charge in [-0.1, -0.05) is 11.8 Å². The zero-order valence-corrected chi connectivity index (χ0v) is 11.5. The van der Waals surface area contributed by atoms with Crippen LogP contribution in [0.3, 0.4) is 0 Å². The fourth-order valence-corrected chi connectivity index (χ4v) is 3.60. The van der Waals surface area contributed by atoms with E-state index in [2.05, 4.69) is 0 Å². The van der Waals surface area contributed by atoms with E-state index in [1.807, 2.05) is 0 Å². The molecular weight excluding hydrogens is 280 g/mol. The van der Waals surface area contributed by atoms with Crippen molar-refractivity contribution in [3.63, 3.8) is 0 Å². The smallest absolute Gasteiger partial charge is 0.345 e. The number of rotatable bonds is 5. The lowest BCUT2D eigenvalue weighted by Crippen LogP contribution is -2.24. The van der Waals surface area contributed by atoms with Crippen LogP contribution in [0, 0.1) is 0 Å². The van der Waals surface area contributed by atoms with Crippen molar-refractivity contribution in [3.05, 3.63) is 9.81 Å². The fourth-order valence-electron chi connectivity index (χ4n) is 1.12. The van der Waals surface area contributed by atoms with Gasteiger partial charge in [0.15, 0.2) is 12.1 Å². The maximum atomic E-state index is 11.8. The Morgan fingerprint density at radius 3 is 2.67 bits per heavy atom. The summed E-state index contributed by atoms with van der Waals surface area (Å²) in [6, 6.07) is 0. The van der Waals surface area contributed by atoms with Crippen molar-refractivity contribution in [2.24, 2.45) is 0 Å². The van der Waals surface area contributed by atoms with Crippen molar-refractivity contribution >= 4 is 35.3 Å². The monoisotopic (exact) mass is 294 g/mol. The maximum absolute atomic E-state index is 11.8. The summed E-state index contributed by atoms with van der Waals surface area (Å²) in [6.07, 6.45) is -0.791. The molecule has 102 valence electrons. The summed E-state index contributed by atoms with van der Waals surface area (Å²) in [7, 11) is 1.36. The molecule has 6 nitrogen and oxygen atoms in total. The Morgan fingerprint density at radius 2 is 2.22 bits per heavy atom. The molecule has 0 aliphatic carbocycles. The molecule has 0 radical (unpaired) electrons. The van der Waals surface area contributed by atoms with Crippen LogP contribution < -0.4 is 0 Å². The number of carbonyl (C=O) groups excluding carboxylic acids is 2. The van der Waals surface area contributed by atoms with E-state index in [0.717, 1.165) is 11.8 Å². The third-order valence-corrected chi connectivity index (χ3v) is 4.69. The molecule has 0 amide bonds. The standard InChI is InChI=1S/C10H14O6S2/c1-5(15-2)16-9(14)8(6(12)3-11)10-17-4-7(13)18-10/h5,7,11,13H,3-4H2,1-2H3. The van der Waals surface area contributed by atoms with Crippen molar-refractivity contribution in [2.45, 2.75) is 18.6 Å². The SMILES string of the molecule is COC(C)OC(=O)C(C(=O)CO)=C1SCC(O)S1. The number of ketones is 1. The van der Waals surface area contributed by atoms with Gasteiger partial charge in [0.25, 0.3) is 0 Å². The van der Waals surface area contributed by atoms with Crippen molar-refractivity contribution in [1.82, 2.24) is 0 Å². The average molecular weight is 294 g/mol. The average Bonchev–Trinajstić information content (AvgIpc) is 2.75. The molecule has 1 aliphatic heterocycles. The van der Waals surface area contributed by atoms with Crippen molar-refractivity contribution < 1.29 is 29.3 Å². The van der Waals surface area contributed by atoms with Gasteiger partial charge in [-0.15, -0.1) is 11.8 Å². The third kappa shape index (κ3) is 3.99. The van der Waals surface area contributed by atoms with Crippen LogP contribution in [0.5, 0.6) is 0 Å². The zero-order chi connectivity index (χ0) is 13.7. The number of methoxy groups -OCH3 is 1. The van der Waals surface area contributed by atoms with Gasteiger partial charge in [-0.2, -0.15) is 0 Å². The van der Waals surface area contributed by atoms with Crippen LogP contribution in [-0.4, -0.2) is 53.2 Å². The molecule has 18 heavy (non-hydrogen) atoms. The maximum Gasteiger partial charge on any atom is 0.345 e. The van der Waals surface area contributed by atoms with E-state index in [1.165, 1.54) is 25.8 Å². The summed E-state index contributed by atoms with van der Waals surface area (Å²) in [5, 5.41) is 18.2. The Hall–Kier alpha value is -0.540. The van der Waals surface area contributed by atoms with Gasteiger partial charge < -0.3 is 19.7 Å². The van der Waals surface area contributed by atoms with E-state index in [1.54, 1.807) is 0 Å². The Balaban J connectivity index is 2.92. The molecule has 2 atom stereocenters. The van der Waals surface area contributed by atoms with E-state index in [4.69, 9.17) is 14.6 Å². The summed E-state index contributed by atoms with van der Waals surface area (Å²) in [6.45, 7) is 0.722. The Morgan fingerprint density at radius 1 is 1.56 bits per heavy atom. The van der Waals surface area contributed by atoms with Crippen LogP contribution in [0.25, 0.3) is 0 Å². The highest BCUT2D eigenvalue weighted by molar-refractivity contribution is 8.25. The second-order valence-corrected chi connectivity index (χ2v) is 5.81. The first-order chi connectivity index (χ1) is 8.49. The van der Waals surface area contributed by atoms with Crippen LogP contribution in [0.4, 0.5) is 0 Å². The van der Waals surface area contributed by atoms with E-state index in [-0.39, 0.29) is 5.57 Å². The predicted molar refractivity (Wildman–Crippen MR) is 67.7 cm³/mol. The van der Waals surface area contributed by atoms with Gasteiger partial charge in [0.05, 0.1) is 4.24 Å². The van der Waals surface area contributed by atoms with Crippen molar-refractivity contribution in [3.8, 4) is 0 Å². The minimum absolute atomic E-state index is 0.229. The first-order valence-electron chi connectivity index (χ1n) is 5.09. The Kier molecular flexibility index (Phi) is 6.16. The number of carbonyl (C=O) groups is 2. The molecule has 8 heteroatoms. The van der Waals surface area contributed by atoms with E-state index < -0.39 is 30.1 Å². The Labute approximate surface area is 113 Å². The molecule has 1 aliphatic rings. The van der Waals surface area contributed by atoms with E-state index in [9.17, 15) is 14.7 Å². The summed E-state index contributed by atoms with van der Waals surface area (Å²) in [5.41, 5.74) is -0.896. The molecular formula is C10H14O6S2. The van der Waals surface area contributed by atoms with E-state index in [0.29, 0.717) is 9.99 Å². The highest BCUT2D eigenvalue weighted by Crippen LogP contribution is 2.42. The van der Waals surface area contributed by atoms with E-state index >= 15 is 0 Å². The number of hydrogen-bond acceptors (Lipinski definition) is 8. The third-order valence-electron chi connectivity index (χ3n) is 2.04. The molecule has 1 fully saturated rings. The summed E-state index contributed by atoms with van der Waals surface area (Å²) < 4.78 is 10.0. The number of aliphatic hydroxyl groups excluding tert-OH is 2. The quantitative estimate of drug-likeness (QED) is 0.242. The molecule has 1 rings (SSSR count). The lowest BCUT2D eigenvalue weighted by atomic mass is 10.2. The summed E-state index contributed by atoms with van der Waals surface area (Å²) in [5.74, 6) is -1.20. The van der Waals surface area contributed by atoms with Crippen LogP contribution in [-0.2, 0) is 19.1 Å². The minimum Gasteiger partial charge on any atom is -0.432 e. The second-order valence-electron chi connectivity index (χ2n) is 3.34. The molecule has 0 aromatic heterocycles. The van der Waals surface area contributed by atoms with Gasteiger partial charge >= 0.3 is 5.97 Å². The molecule has 2 unspecified atom stereocenters. The largest absolute Gasteiger partial charge is 0.432 e. The van der Waals surface area contributed by atoms with Gasteiger partial charge in [-0.3, -0.25) is 4.79 Å². The van der Waals surface area contributed by atoms with Crippen LogP contribution >= 0.6 is 23.5 Å². The molecule has 0 aromatic rings. The Bertz CT molecular complexity index is 367. The van der Waals surface area contributed by atoms with Gasteiger partial charge in [0, 0.05) is 12.9 Å². The van der Waals surface area contributed by atoms with Gasteiger partial charge in [0.2, 0.25) is 0 Å². The molecule has 1 saturated heterocycles. The zero-order valence-electron chi connectivity index (χ0n) is 9.91. The lowest BCUT2D eigenvalue weighted by molar-refractivity contribution is -0.165. The van der Waals surface area contributed by atoms with Crippen LogP contribution in [0.1, 0.15) is 6.92 Å². The number of esters is 1. The predicted octanol–water partition coefficient (Wildman–Crippen LogP) is 0.0934. The molecule has 0 saturated carbocycles. The number of thioether (sulfide) groups is 2.